The molecule has 0 unspecified atom stereocenters. The minimum atomic E-state index is -1.61. The van der Waals surface area contributed by atoms with Gasteiger partial charge in [0.15, 0.2) is 0 Å². The predicted molar refractivity (Wildman–Crippen MR) is 11.2 cm³/mol. The molecule has 0 spiro atoms. The van der Waals surface area contributed by atoms with Crippen molar-refractivity contribution in [2.45, 2.75) is 0 Å². The van der Waals surface area contributed by atoms with Crippen molar-refractivity contribution < 1.29 is 39.5 Å². The first kappa shape index (κ1) is 9.23. The summed E-state index contributed by atoms with van der Waals surface area (Å²) in [6, 6.07) is 0. The average Bonchev–Trinajstić information content (AvgIpc) is 0.811. The smallest absolute Gasteiger partial charge is 0.534 e. The molecule has 0 amide bonds. The third-order valence-corrected chi connectivity index (χ3v) is 0. The zero-order chi connectivity index (χ0) is 3.58. The van der Waals surface area contributed by atoms with Gasteiger partial charge >= 0.3 is 29.6 Å². The average molecular weight is 102 g/mol. The van der Waals surface area contributed by atoms with Gasteiger partial charge in [-0.05, 0) is 0 Å². The van der Waals surface area contributed by atoms with Crippen LogP contribution in [-0.2, 0) is 0 Å². The van der Waals surface area contributed by atoms with E-state index in [1.165, 1.54) is 0 Å². The van der Waals surface area contributed by atoms with E-state index in [1.54, 1.807) is 0 Å². The van der Waals surface area contributed by atoms with Gasteiger partial charge in [-0.15, -0.1) is 0 Å². The minimum Gasteiger partial charge on any atom is -0.534 e. The van der Waals surface area contributed by atoms with Gasteiger partial charge in [0.1, 0.15) is 5.43 Å². The molecule has 0 heterocycles. The predicted octanol–water partition coefficient (Wildman–Crippen LogP) is -3.43. The van der Waals surface area contributed by atoms with Crippen LogP contribution in [0.5, 0.6) is 0 Å². The Hall–Kier alpha value is 0.760. The van der Waals surface area contributed by atoms with Crippen LogP contribution in [0.3, 0.4) is 0 Å². The number of rotatable bonds is 0. The zero-order valence-corrected chi connectivity index (χ0v) is 5.45. The Balaban J connectivity index is 0. The van der Waals surface area contributed by atoms with Crippen LogP contribution in [0.4, 0.5) is 4.79 Å². The number of hydrogen-bond acceptors (Lipinski definition) is 2. The maximum absolute atomic E-state index is 8.65. The fourth-order valence-corrected chi connectivity index (χ4v) is 0. The number of carbonyl (C=O) groups excluding carboxylic acids is 1. The summed E-state index contributed by atoms with van der Waals surface area (Å²) in [5.41, 5.74) is -1.61. The van der Waals surface area contributed by atoms with Gasteiger partial charge in [-0.25, -0.2) is 0 Å². The van der Waals surface area contributed by atoms with E-state index in [4.69, 9.17) is 9.90 Å². The Bertz CT molecular complexity index is 32.6. The topological polar surface area (TPSA) is 40.1 Å². The fraction of sp³-hybridized carbons (Fsp3) is 0. The molecule has 0 saturated carbocycles. The van der Waals surface area contributed by atoms with Crippen LogP contribution in [0, 0.1) is 0 Å². The minimum absolute atomic E-state index is 0. The van der Waals surface area contributed by atoms with Crippen molar-refractivity contribution >= 4 is 17.0 Å². The van der Waals surface area contributed by atoms with E-state index in [0.29, 0.717) is 0 Å². The first-order valence-corrected chi connectivity index (χ1v) is 0.975. The van der Waals surface area contributed by atoms with Crippen molar-refractivity contribution in [1.82, 2.24) is 0 Å². The molecule has 0 aliphatic carbocycles. The summed E-state index contributed by atoms with van der Waals surface area (Å²) >= 11 is 4.08. The SMILES string of the molecule is O=C([O-])Cl.[Na+]. The Morgan fingerprint density at radius 1 is 1.80 bits per heavy atom. The van der Waals surface area contributed by atoms with E-state index in [2.05, 4.69) is 11.6 Å². The molecule has 24 valence electrons. The Labute approximate surface area is 56.4 Å². The summed E-state index contributed by atoms with van der Waals surface area (Å²) in [4.78, 5) is 8.65. The zero-order valence-electron chi connectivity index (χ0n) is 2.69. The van der Waals surface area contributed by atoms with Crippen LogP contribution in [0.1, 0.15) is 0 Å². The molecule has 4 heteroatoms. The van der Waals surface area contributed by atoms with Gasteiger partial charge in [0, 0.05) is 0 Å². The Morgan fingerprint density at radius 3 is 1.80 bits per heavy atom. The third-order valence-electron chi connectivity index (χ3n) is 0. The summed E-state index contributed by atoms with van der Waals surface area (Å²) in [6.45, 7) is 0. The first-order valence-electron chi connectivity index (χ1n) is 0.597. The van der Waals surface area contributed by atoms with Gasteiger partial charge in [0.2, 0.25) is 0 Å². The largest absolute Gasteiger partial charge is 1.00 e. The van der Waals surface area contributed by atoms with Crippen molar-refractivity contribution in [2.24, 2.45) is 0 Å². The number of hydrogen-bond donors (Lipinski definition) is 0. The van der Waals surface area contributed by atoms with E-state index >= 15 is 0 Å². The van der Waals surface area contributed by atoms with Gasteiger partial charge in [-0.1, -0.05) is 11.6 Å². The molecule has 0 N–H and O–H groups in total. The van der Waals surface area contributed by atoms with Crippen LogP contribution in [0.2, 0.25) is 0 Å². The van der Waals surface area contributed by atoms with Crippen molar-refractivity contribution in [3.05, 3.63) is 0 Å². The van der Waals surface area contributed by atoms with Gasteiger partial charge in [-0.3, -0.25) is 0 Å². The molecule has 0 rings (SSSR count). The molecule has 0 bridgehead atoms. The second kappa shape index (κ2) is 4.76. The van der Waals surface area contributed by atoms with E-state index in [0.717, 1.165) is 0 Å². The molecule has 0 saturated heterocycles. The van der Waals surface area contributed by atoms with Crippen LogP contribution >= 0.6 is 11.6 Å². The maximum atomic E-state index is 8.65. The molecule has 0 aromatic carbocycles. The van der Waals surface area contributed by atoms with E-state index in [-0.39, 0.29) is 29.6 Å². The monoisotopic (exact) mass is 102 g/mol. The van der Waals surface area contributed by atoms with Gasteiger partial charge in [0.25, 0.3) is 0 Å². The fourth-order valence-electron chi connectivity index (χ4n) is 0. The summed E-state index contributed by atoms with van der Waals surface area (Å²) in [7, 11) is 0. The number of halogens is 1. The summed E-state index contributed by atoms with van der Waals surface area (Å²) < 4.78 is 0. The van der Waals surface area contributed by atoms with E-state index < -0.39 is 5.43 Å². The van der Waals surface area contributed by atoms with Crippen molar-refractivity contribution in [3.63, 3.8) is 0 Å². The molecular weight excluding hydrogens is 102 g/mol. The quantitative estimate of drug-likeness (QED) is 0.236. The van der Waals surface area contributed by atoms with Gasteiger partial charge in [0.05, 0.1) is 0 Å². The molecule has 0 aliphatic rings. The van der Waals surface area contributed by atoms with Crippen LogP contribution in [0.25, 0.3) is 0 Å². The van der Waals surface area contributed by atoms with Crippen molar-refractivity contribution in [1.29, 1.82) is 0 Å². The molecule has 0 aromatic heterocycles. The number of carboxylic acid groups (broad SMARTS) is 1. The van der Waals surface area contributed by atoms with Crippen LogP contribution in [-0.4, -0.2) is 5.43 Å². The molecule has 0 fully saturated rings. The molecule has 0 aromatic rings. The summed E-state index contributed by atoms with van der Waals surface area (Å²) in [6.07, 6.45) is 0. The van der Waals surface area contributed by atoms with Gasteiger partial charge in [-0.2, -0.15) is 0 Å². The Morgan fingerprint density at radius 2 is 1.80 bits per heavy atom. The van der Waals surface area contributed by atoms with Gasteiger partial charge < -0.3 is 9.90 Å². The molecule has 0 radical (unpaired) electrons. The Kier molecular flexibility index (Phi) is 8.79. The first-order chi connectivity index (χ1) is 1.73. The second-order valence-electron chi connectivity index (χ2n) is 0.238. The number of carbonyl (C=O) groups is 1. The molecule has 5 heavy (non-hydrogen) atoms. The molecular formula is CClNaO2. The van der Waals surface area contributed by atoms with Crippen molar-refractivity contribution in [2.75, 3.05) is 0 Å². The summed E-state index contributed by atoms with van der Waals surface area (Å²) in [5, 5.41) is 8.65. The molecule has 2 nitrogen and oxygen atoms in total. The molecule has 0 aliphatic heterocycles. The molecule has 0 atom stereocenters. The standard InChI is InChI=1S/CHClO2.Na/c2-1(3)4;/h(H,3,4);/q;+1/p-1. The van der Waals surface area contributed by atoms with E-state index in [9.17, 15) is 0 Å². The second-order valence-corrected chi connectivity index (χ2v) is 0.546. The van der Waals surface area contributed by atoms with Crippen molar-refractivity contribution in [3.8, 4) is 0 Å². The van der Waals surface area contributed by atoms with E-state index in [1.807, 2.05) is 0 Å². The maximum Gasteiger partial charge on any atom is 1.00 e. The third kappa shape index (κ3) is 62.8. The normalized spacial score (nSPS) is 5.00. The summed E-state index contributed by atoms with van der Waals surface area (Å²) in [5.74, 6) is 0. The van der Waals surface area contributed by atoms with Crippen LogP contribution < -0.4 is 34.7 Å². The van der Waals surface area contributed by atoms with Crippen LogP contribution in [0.15, 0.2) is 0 Å².